The second-order valence-electron chi connectivity index (χ2n) is 6.19. The van der Waals surface area contributed by atoms with Crippen LogP contribution in [0.15, 0.2) is 47.9 Å². The first-order valence-electron chi connectivity index (χ1n) is 8.92. The quantitative estimate of drug-likeness (QED) is 0.589. The van der Waals surface area contributed by atoms with Crippen molar-refractivity contribution in [2.45, 2.75) is 6.54 Å². The number of methoxy groups -OCH3 is 1. The van der Waals surface area contributed by atoms with Crippen molar-refractivity contribution >= 4 is 29.2 Å². The van der Waals surface area contributed by atoms with Gasteiger partial charge >= 0.3 is 5.97 Å². The van der Waals surface area contributed by atoms with E-state index in [1.807, 2.05) is 0 Å². The molecule has 0 unspecified atom stereocenters. The van der Waals surface area contributed by atoms with Gasteiger partial charge < -0.3 is 24.8 Å². The molecule has 1 aromatic heterocycles. The maximum atomic E-state index is 12.7. The number of ether oxygens (including phenoxy) is 2. The third-order valence-electron chi connectivity index (χ3n) is 4.28. The van der Waals surface area contributed by atoms with Crippen molar-refractivity contribution in [1.82, 2.24) is 14.7 Å². The van der Waals surface area contributed by atoms with Crippen LogP contribution in [0.4, 0.5) is 5.69 Å². The Hall–Kier alpha value is -3.04. The molecule has 1 aliphatic heterocycles. The van der Waals surface area contributed by atoms with Crippen molar-refractivity contribution in [2.75, 3.05) is 38.7 Å². The van der Waals surface area contributed by atoms with Gasteiger partial charge in [-0.1, -0.05) is 23.7 Å². The van der Waals surface area contributed by atoms with Gasteiger partial charge in [0.2, 0.25) is 0 Å². The number of rotatable bonds is 9. The second-order valence-corrected chi connectivity index (χ2v) is 6.62. The van der Waals surface area contributed by atoms with Crippen LogP contribution >= 0.6 is 11.6 Å². The minimum atomic E-state index is -0.602. The summed E-state index contributed by atoms with van der Waals surface area (Å²) in [4.78, 5) is 26.2. The summed E-state index contributed by atoms with van der Waals surface area (Å²) < 4.78 is 12.3. The highest BCUT2D eigenvalue weighted by atomic mass is 35.5. The largest absolute Gasteiger partial charge is 0.489 e. The van der Waals surface area contributed by atoms with Crippen molar-refractivity contribution in [1.29, 1.82) is 0 Å². The number of carbonyl (C=O) groups excluding carboxylic acids is 2. The van der Waals surface area contributed by atoms with E-state index in [4.69, 9.17) is 26.2 Å². The van der Waals surface area contributed by atoms with E-state index in [-0.39, 0.29) is 36.9 Å². The van der Waals surface area contributed by atoms with Crippen LogP contribution in [0.1, 0.15) is 0 Å². The van der Waals surface area contributed by atoms with Crippen molar-refractivity contribution < 1.29 is 24.2 Å². The summed E-state index contributed by atoms with van der Waals surface area (Å²) in [7, 11) is 1.25. The molecule has 1 aromatic carbocycles. The Morgan fingerprint density at radius 1 is 1.34 bits per heavy atom. The van der Waals surface area contributed by atoms with E-state index in [0.717, 1.165) is 0 Å². The normalized spacial score (nSPS) is 13.8. The standard InChI is InChI=1S/C19H21ClN4O5/c1-28-19(27)14-12-23(6-8-25)18(26)17(14)22-15-4-2-3-5-16(15)29-9-7-24-11-13(20)10-21-24/h2-5,10-11,22,25H,6-9,12H2,1H3. The van der Waals surface area contributed by atoms with Crippen molar-refractivity contribution in [3.05, 3.63) is 53.0 Å². The van der Waals surface area contributed by atoms with Gasteiger partial charge in [0, 0.05) is 12.7 Å². The lowest BCUT2D eigenvalue weighted by Crippen LogP contribution is -2.31. The number of aromatic nitrogens is 2. The maximum Gasteiger partial charge on any atom is 0.337 e. The molecule has 0 spiro atoms. The van der Waals surface area contributed by atoms with Crippen molar-refractivity contribution in [3.63, 3.8) is 0 Å². The number of benzene rings is 1. The van der Waals surface area contributed by atoms with Gasteiger partial charge in [-0.2, -0.15) is 5.10 Å². The number of β-amino-alcohol motifs (C(OH)–C–C–N with tert-alkyl or cyclic N) is 1. The molecule has 1 amide bonds. The van der Waals surface area contributed by atoms with Gasteiger partial charge in [-0.3, -0.25) is 9.48 Å². The molecule has 10 heteroatoms. The number of aliphatic hydroxyl groups is 1. The monoisotopic (exact) mass is 420 g/mol. The smallest absolute Gasteiger partial charge is 0.337 e. The number of aliphatic hydroxyl groups excluding tert-OH is 1. The summed E-state index contributed by atoms with van der Waals surface area (Å²) in [5, 5.41) is 16.8. The Labute approximate surface area is 172 Å². The number of nitrogens with zero attached hydrogens (tertiary/aromatic N) is 3. The fourth-order valence-electron chi connectivity index (χ4n) is 2.89. The number of para-hydroxylation sites is 2. The van der Waals surface area contributed by atoms with Gasteiger partial charge in [0.25, 0.3) is 5.91 Å². The first kappa shape index (κ1) is 20.7. The van der Waals surface area contributed by atoms with Crippen LogP contribution in [0.25, 0.3) is 0 Å². The molecule has 0 bridgehead atoms. The summed E-state index contributed by atoms with van der Waals surface area (Å²) >= 11 is 5.85. The van der Waals surface area contributed by atoms with Gasteiger partial charge in [0.05, 0.1) is 49.3 Å². The highest BCUT2D eigenvalue weighted by Gasteiger charge is 2.34. The summed E-state index contributed by atoms with van der Waals surface area (Å²) in [5.41, 5.74) is 0.841. The Morgan fingerprint density at radius 3 is 2.83 bits per heavy atom. The number of amides is 1. The van der Waals surface area contributed by atoms with E-state index in [1.54, 1.807) is 41.3 Å². The molecule has 0 atom stereocenters. The van der Waals surface area contributed by atoms with Crippen molar-refractivity contribution in [2.24, 2.45) is 0 Å². The predicted octanol–water partition coefficient (Wildman–Crippen LogP) is 1.29. The molecule has 0 fully saturated rings. The van der Waals surface area contributed by atoms with Crippen LogP contribution in [-0.2, 0) is 20.9 Å². The molecule has 29 heavy (non-hydrogen) atoms. The molecule has 9 nitrogen and oxygen atoms in total. The van der Waals surface area contributed by atoms with E-state index in [9.17, 15) is 9.59 Å². The molecule has 2 heterocycles. The zero-order valence-corrected chi connectivity index (χ0v) is 16.6. The average molecular weight is 421 g/mol. The summed E-state index contributed by atoms with van der Waals surface area (Å²) in [6.07, 6.45) is 3.23. The molecule has 0 saturated carbocycles. The lowest BCUT2D eigenvalue weighted by molar-refractivity contribution is -0.136. The number of carbonyl (C=O) groups is 2. The lowest BCUT2D eigenvalue weighted by Gasteiger charge is -2.16. The van der Waals surface area contributed by atoms with Crippen LogP contribution in [0.2, 0.25) is 5.02 Å². The number of nitrogens with one attached hydrogen (secondary N) is 1. The molecular formula is C19H21ClN4O5. The van der Waals surface area contributed by atoms with Gasteiger partial charge in [-0.25, -0.2) is 4.79 Å². The summed E-state index contributed by atoms with van der Waals surface area (Å²) in [6.45, 7) is 0.793. The van der Waals surface area contributed by atoms with Crippen molar-refractivity contribution in [3.8, 4) is 5.75 Å². The Morgan fingerprint density at radius 2 is 2.14 bits per heavy atom. The van der Waals surface area contributed by atoms with Crippen LogP contribution in [-0.4, -0.2) is 65.1 Å². The number of hydrogen-bond donors (Lipinski definition) is 2. The molecule has 3 rings (SSSR count). The third-order valence-corrected chi connectivity index (χ3v) is 4.48. The minimum absolute atomic E-state index is 0.0669. The van der Waals surface area contributed by atoms with E-state index in [1.165, 1.54) is 12.0 Å². The number of halogens is 1. The first-order chi connectivity index (χ1) is 14.0. The molecule has 0 radical (unpaired) electrons. The SMILES string of the molecule is COC(=O)C1=C(Nc2ccccc2OCCn2cc(Cl)cn2)C(=O)N(CCO)C1. The second kappa shape index (κ2) is 9.44. The topological polar surface area (TPSA) is 106 Å². The highest BCUT2D eigenvalue weighted by molar-refractivity contribution is 6.30. The molecule has 1 aliphatic rings. The number of anilines is 1. The lowest BCUT2D eigenvalue weighted by atomic mass is 10.2. The molecular weight excluding hydrogens is 400 g/mol. The van der Waals surface area contributed by atoms with E-state index < -0.39 is 5.97 Å². The van der Waals surface area contributed by atoms with Crippen LogP contribution in [0.5, 0.6) is 5.75 Å². The summed E-state index contributed by atoms with van der Waals surface area (Å²) in [5.74, 6) is -0.480. The van der Waals surface area contributed by atoms with E-state index >= 15 is 0 Å². The fraction of sp³-hybridized carbons (Fsp3) is 0.316. The molecule has 0 aliphatic carbocycles. The van der Waals surface area contributed by atoms with Crippen LogP contribution in [0, 0.1) is 0 Å². The molecule has 2 aromatic rings. The minimum Gasteiger partial charge on any atom is -0.489 e. The molecule has 0 saturated heterocycles. The fourth-order valence-corrected chi connectivity index (χ4v) is 3.05. The Kier molecular flexibility index (Phi) is 6.73. The highest BCUT2D eigenvalue weighted by Crippen LogP contribution is 2.29. The zero-order valence-electron chi connectivity index (χ0n) is 15.8. The molecule has 2 N–H and O–H groups in total. The number of esters is 1. The van der Waals surface area contributed by atoms with E-state index in [0.29, 0.717) is 29.6 Å². The average Bonchev–Trinajstić information content (AvgIpc) is 3.27. The van der Waals surface area contributed by atoms with Gasteiger partial charge in [-0.15, -0.1) is 0 Å². The Bertz CT molecular complexity index is 927. The van der Waals surface area contributed by atoms with E-state index in [2.05, 4.69) is 10.4 Å². The van der Waals surface area contributed by atoms with Crippen LogP contribution < -0.4 is 10.1 Å². The van der Waals surface area contributed by atoms with Crippen LogP contribution in [0.3, 0.4) is 0 Å². The zero-order chi connectivity index (χ0) is 20.8. The summed E-state index contributed by atoms with van der Waals surface area (Å²) in [6, 6.07) is 7.08. The first-order valence-corrected chi connectivity index (χ1v) is 9.29. The third kappa shape index (κ3) is 4.87. The Balaban J connectivity index is 1.75. The number of hydrogen-bond acceptors (Lipinski definition) is 7. The predicted molar refractivity (Wildman–Crippen MR) is 106 cm³/mol. The van der Waals surface area contributed by atoms with Gasteiger partial charge in [0.15, 0.2) is 0 Å². The van der Waals surface area contributed by atoms with Gasteiger partial charge in [-0.05, 0) is 12.1 Å². The maximum absolute atomic E-state index is 12.7. The molecule has 154 valence electrons. The van der Waals surface area contributed by atoms with Gasteiger partial charge in [0.1, 0.15) is 18.1 Å².